The van der Waals surface area contributed by atoms with Crippen molar-refractivity contribution in [1.29, 1.82) is 0 Å². The Morgan fingerprint density at radius 3 is 2.43 bits per heavy atom. The third-order valence-corrected chi connectivity index (χ3v) is 4.16. The second-order valence-electron chi connectivity index (χ2n) is 6.02. The minimum Gasteiger partial charge on any atom is -0.309 e. The van der Waals surface area contributed by atoms with E-state index in [0.717, 1.165) is 12.1 Å². The van der Waals surface area contributed by atoms with Gasteiger partial charge in [0.1, 0.15) is 5.82 Å². The minimum atomic E-state index is -0.305. The molecule has 1 nitrogen and oxygen atoms in total. The van der Waals surface area contributed by atoms with Crippen LogP contribution < -0.4 is 5.32 Å². The van der Waals surface area contributed by atoms with Gasteiger partial charge in [0, 0.05) is 23.0 Å². The van der Waals surface area contributed by atoms with E-state index in [0.29, 0.717) is 5.02 Å². The summed E-state index contributed by atoms with van der Waals surface area (Å²) in [6.45, 7) is 7.26. The van der Waals surface area contributed by atoms with E-state index in [2.05, 4.69) is 43.4 Å². The zero-order chi connectivity index (χ0) is 15.5. The highest BCUT2D eigenvalue weighted by Crippen LogP contribution is 2.26. The maximum absolute atomic E-state index is 13.1. The lowest BCUT2D eigenvalue weighted by molar-refractivity contribution is 0.435. The SMILES string of the molecule is CC(NCC(C)(C)c1ccccc1)c1ccc(F)cc1Cl. The van der Waals surface area contributed by atoms with Gasteiger partial charge in [-0.2, -0.15) is 0 Å². The fourth-order valence-corrected chi connectivity index (χ4v) is 2.69. The Balaban J connectivity index is 2.05. The summed E-state index contributed by atoms with van der Waals surface area (Å²) in [5.41, 5.74) is 2.22. The summed E-state index contributed by atoms with van der Waals surface area (Å²) >= 11 is 6.11. The molecule has 112 valence electrons. The molecule has 1 unspecified atom stereocenters. The third kappa shape index (κ3) is 4.05. The highest BCUT2D eigenvalue weighted by Gasteiger charge is 2.21. The number of hydrogen-bond acceptors (Lipinski definition) is 1. The smallest absolute Gasteiger partial charge is 0.124 e. The van der Waals surface area contributed by atoms with Gasteiger partial charge in [0.25, 0.3) is 0 Å². The second kappa shape index (κ2) is 6.59. The van der Waals surface area contributed by atoms with Crippen molar-refractivity contribution >= 4 is 11.6 Å². The Bertz CT molecular complexity index is 595. The van der Waals surface area contributed by atoms with Gasteiger partial charge >= 0.3 is 0 Å². The van der Waals surface area contributed by atoms with Crippen LogP contribution in [0.4, 0.5) is 4.39 Å². The molecule has 1 N–H and O–H groups in total. The average molecular weight is 306 g/mol. The number of benzene rings is 2. The number of nitrogens with one attached hydrogen (secondary N) is 1. The highest BCUT2D eigenvalue weighted by molar-refractivity contribution is 6.31. The van der Waals surface area contributed by atoms with Crippen molar-refractivity contribution in [2.24, 2.45) is 0 Å². The second-order valence-corrected chi connectivity index (χ2v) is 6.43. The fraction of sp³-hybridized carbons (Fsp3) is 0.333. The molecule has 2 rings (SSSR count). The molecule has 21 heavy (non-hydrogen) atoms. The van der Waals surface area contributed by atoms with E-state index >= 15 is 0 Å². The van der Waals surface area contributed by atoms with Gasteiger partial charge in [-0.1, -0.05) is 61.8 Å². The normalized spacial score (nSPS) is 13.2. The lowest BCUT2D eigenvalue weighted by Crippen LogP contribution is -2.34. The molecule has 0 heterocycles. The quantitative estimate of drug-likeness (QED) is 0.809. The average Bonchev–Trinajstić information content (AvgIpc) is 2.46. The summed E-state index contributed by atoms with van der Waals surface area (Å²) in [7, 11) is 0. The minimum absolute atomic E-state index is 0.0159. The van der Waals surface area contributed by atoms with Crippen molar-refractivity contribution in [3.63, 3.8) is 0 Å². The van der Waals surface area contributed by atoms with Crippen molar-refractivity contribution in [3.8, 4) is 0 Å². The first-order chi connectivity index (χ1) is 9.90. The molecule has 2 aromatic carbocycles. The van der Waals surface area contributed by atoms with Gasteiger partial charge in [-0.25, -0.2) is 4.39 Å². The van der Waals surface area contributed by atoms with Crippen molar-refractivity contribution in [2.45, 2.75) is 32.2 Å². The first-order valence-corrected chi connectivity index (χ1v) is 7.52. The molecule has 0 spiro atoms. The van der Waals surface area contributed by atoms with Crippen molar-refractivity contribution in [1.82, 2.24) is 5.32 Å². The molecule has 0 aliphatic heterocycles. The van der Waals surface area contributed by atoms with Crippen LogP contribution >= 0.6 is 11.6 Å². The van der Waals surface area contributed by atoms with Gasteiger partial charge in [0.15, 0.2) is 0 Å². The van der Waals surface area contributed by atoms with E-state index in [1.54, 1.807) is 6.07 Å². The Morgan fingerprint density at radius 1 is 1.14 bits per heavy atom. The highest BCUT2D eigenvalue weighted by atomic mass is 35.5. The Labute approximate surface area is 131 Å². The van der Waals surface area contributed by atoms with Crippen molar-refractivity contribution in [3.05, 3.63) is 70.5 Å². The summed E-state index contributed by atoms with van der Waals surface area (Å²) in [4.78, 5) is 0. The molecule has 0 aromatic heterocycles. The maximum Gasteiger partial charge on any atom is 0.124 e. The predicted octanol–water partition coefficient (Wildman–Crippen LogP) is 5.11. The van der Waals surface area contributed by atoms with Gasteiger partial charge in [-0.15, -0.1) is 0 Å². The molecule has 0 fully saturated rings. The van der Waals surface area contributed by atoms with E-state index in [-0.39, 0.29) is 17.3 Å². The summed E-state index contributed by atoms with van der Waals surface area (Å²) in [5.74, 6) is -0.305. The van der Waals surface area contributed by atoms with Gasteiger partial charge in [0.05, 0.1) is 0 Å². The van der Waals surface area contributed by atoms with Crippen LogP contribution in [0.15, 0.2) is 48.5 Å². The zero-order valence-electron chi connectivity index (χ0n) is 12.7. The molecule has 0 aliphatic carbocycles. The molecular formula is C18H21ClFN. The van der Waals surface area contributed by atoms with Crippen LogP contribution in [0.3, 0.4) is 0 Å². The molecule has 0 amide bonds. The summed E-state index contributed by atoms with van der Waals surface area (Å²) < 4.78 is 13.1. The molecule has 0 saturated carbocycles. The van der Waals surface area contributed by atoms with Crippen LogP contribution in [-0.2, 0) is 5.41 Å². The molecule has 0 aliphatic rings. The topological polar surface area (TPSA) is 12.0 Å². The Morgan fingerprint density at radius 2 is 1.81 bits per heavy atom. The molecular weight excluding hydrogens is 285 g/mol. The van der Waals surface area contributed by atoms with Gasteiger partial charge in [-0.05, 0) is 30.2 Å². The molecule has 0 radical (unpaired) electrons. The lowest BCUT2D eigenvalue weighted by Gasteiger charge is -2.28. The van der Waals surface area contributed by atoms with Gasteiger partial charge < -0.3 is 5.32 Å². The summed E-state index contributed by atoms with van der Waals surface area (Å²) in [6, 6.07) is 15.0. The number of halogens is 2. The summed E-state index contributed by atoms with van der Waals surface area (Å²) in [5, 5.41) is 3.96. The van der Waals surface area contributed by atoms with E-state index in [1.165, 1.54) is 17.7 Å². The van der Waals surface area contributed by atoms with Crippen LogP contribution in [0, 0.1) is 5.82 Å². The Hall–Kier alpha value is -1.38. The van der Waals surface area contributed by atoms with Crippen LogP contribution in [0.25, 0.3) is 0 Å². The van der Waals surface area contributed by atoms with E-state index in [9.17, 15) is 4.39 Å². The van der Waals surface area contributed by atoms with Crippen LogP contribution in [0.2, 0.25) is 5.02 Å². The third-order valence-electron chi connectivity index (χ3n) is 3.83. The molecule has 3 heteroatoms. The maximum atomic E-state index is 13.1. The van der Waals surface area contributed by atoms with E-state index < -0.39 is 0 Å². The lowest BCUT2D eigenvalue weighted by atomic mass is 9.84. The predicted molar refractivity (Wildman–Crippen MR) is 87.3 cm³/mol. The fourth-order valence-electron chi connectivity index (χ4n) is 2.36. The van der Waals surface area contributed by atoms with Crippen molar-refractivity contribution in [2.75, 3.05) is 6.54 Å². The standard InChI is InChI=1S/C18H21ClFN/c1-13(16-10-9-15(20)11-17(16)19)21-12-18(2,3)14-7-5-4-6-8-14/h4-11,13,21H,12H2,1-3H3. The largest absolute Gasteiger partial charge is 0.309 e. The van der Waals surface area contributed by atoms with Crippen LogP contribution in [0.1, 0.15) is 37.9 Å². The van der Waals surface area contributed by atoms with Gasteiger partial charge in [0.2, 0.25) is 0 Å². The van der Waals surface area contributed by atoms with Crippen molar-refractivity contribution < 1.29 is 4.39 Å². The van der Waals surface area contributed by atoms with Gasteiger partial charge in [-0.3, -0.25) is 0 Å². The van der Waals surface area contributed by atoms with E-state index in [4.69, 9.17) is 11.6 Å². The van der Waals surface area contributed by atoms with E-state index in [1.807, 2.05) is 13.0 Å². The van der Waals surface area contributed by atoms with Crippen LogP contribution in [-0.4, -0.2) is 6.54 Å². The molecule has 0 bridgehead atoms. The molecule has 0 saturated heterocycles. The Kier molecular flexibility index (Phi) is 5.02. The summed E-state index contributed by atoms with van der Waals surface area (Å²) in [6.07, 6.45) is 0. The first kappa shape index (κ1) is 16.0. The number of hydrogen-bond donors (Lipinski definition) is 1. The first-order valence-electron chi connectivity index (χ1n) is 7.14. The van der Waals surface area contributed by atoms with Crippen LogP contribution in [0.5, 0.6) is 0 Å². The molecule has 1 atom stereocenters. The molecule has 2 aromatic rings. The number of rotatable bonds is 5. The monoisotopic (exact) mass is 305 g/mol. The zero-order valence-corrected chi connectivity index (χ0v) is 13.4.